The second-order valence-electron chi connectivity index (χ2n) is 17.2. The highest BCUT2D eigenvalue weighted by Crippen LogP contribution is 2.15. The maximum absolute atomic E-state index is 12.4. The SMILES string of the molecule is CC/C=C\C/C=C\C/C=C\C/C=C\C/C=C\C/C=C\C/C=C\CCCCCCCCCCCCCCCCCCCC(=O)NC(CO)C(O)/C=C/CC/C=C/CCCCCCC. The van der Waals surface area contributed by atoms with Crippen LogP contribution < -0.4 is 5.32 Å². The molecule has 0 aromatic rings. The Bertz CT molecular complexity index is 1200. The summed E-state index contributed by atoms with van der Waals surface area (Å²) in [6, 6.07) is -0.642. The third-order valence-corrected chi connectivity index (χ3v) is 11.2. The number of aliphatic hydroxyl groups is 2. The molecule has 0 aromatic heterocycles. The molecule has 0 aliphatic carbocycles. The lowest BCUT2D eigenvalue weighted by atomic mass is 10.0. The zero-order valence-electron chi connectivity index (χ0n) is 40.6. The van der Waals surface area contributed by atoms with Crippen LogP contribution in [0.3, 0.4) is 0 Å². The lowest BCUT2D eigenvalue weighted by molar-refractivity contribution is -0.123. The van der Waals surface area contributed by atoms with Gasteiger partial charge >= 0.3 is 0 Å². The Labute approximate surface area is 385 Å². The molecule has 0 aromatic carbocycles. The minimum absolute atomic E-state index is 0.0780. The molecule has 1 amide bonds. The van der Waals surface area contributed by atoms with Gasteiger partial charge in [0.15, 0.2) is 0 Å². The predicted molar refractivity (Wildman–Crippen MR) is 276 cm³/mol. The number of unbranched alkanes of at least 4 members (excludes halogenated alkanes) is 23. The standard InChI is InChI=1S/C58H99NO3/c1-3-5-7-9-11-13-15-16-17-18-19-20-21-22-23-24-25-26-27-28-29-30-31-32-33-34-35-36-37-38-39-40-41-42-44-46-48-50-52-54-58(62)59-56(55-60)57(61)53-51-49-47-45-43-14-12-10-8-6-4-2/h5,7,11,13,16-17,19-20,22-23,25-26,28-29,43,45,51,53,56-57,60-61H,3-4,6,8-10,12,14-15,18,21,24,27,30-42,44,46-50,52,54-55H2,1-2H3,(H,59,62)/b7-5-,13-11-,17-16-,20-19-,23-22-,26-25-,29-28-,45-43+,53-51+. The smallest absolute Gasteiger partial charge is 0.220 e. The monoisotopic (exact) mass is 858 g/mol. The molecule has 0 saturated carbocycles. The van der Waals surface area contributed by atoms with E-state index in [1.807, 2.05) is 6.08 Å². The van der Waals surface area contributed by atoms with Crippen molar-refractivity contribution in [2.75, 3.05) is 6.61 Å². The summed E-state index contributed by atoms with van der Waals surface area (Å²) in [6.07, 6.45) is 79.6. The molecule has 2 atom stereocenters. The third-order valence-electron chi connectivity index (χ3n) is 11.2. The maximum Gasteiger partial charge on any atom is 0.220 e. The van der Waals surface area contributed by atoms with Gasteiger partial charge in [0.05, 0.1) is 18.8 Å². The summed E-state index contributed by atoms with van der Waals surface area (Å²) in [5.41, 5.74) is 0. The van der Waals surface area contributed by atoms with E-state index in [1.165, 1.54) is 135 Å². The van der Waals surface area contributed by atoms with Gasteiger partial charge in [0.1, 0.15) is 0 Å². The fourth-order valence-corrected chi connectivity index (χ4v) is 7.29. The third kappa shape index (κ3) is 48.1. The molecule has 4 nitrogen and oxygen atoms in total. The maximum atomic E-state index is 12.4. The number of hydrogen-bond acceptors (Lipinski definition) is 3. The van der Waals surface area contributed by atoms with Gasteiger partial charge in [-0.2, -0.15) is 0 Å². The van der Waals surface area contributed by atoms with Crippen LogP contribution >= 0.6 is 0 Å². The number of carbonyl (C=O) groups excluding carboxylic acids is 1. The first kappa shape index (κ1) is 59.0. The average Bonchev–Trinajstić information content (AvgIpc) is 3.28. The van der Waals surface area contributed by atoms with Gasteiger partial charge in [-0.15, -0.1) is 0 Å². The van der Waals surface area contributed by atoms with Gasteiger partial charge in [0.2, 0.25) is 5.91 Å². The van der Waals surface area contributed by atoms with Gasteiger partial charge in [0.25, 0.3) is 0 Å². The first-order chi connectivity index (χ1) is 30.7. The van der Waals surface area contributed by atoms with Gasteiger partial charge in [-0.25, -0.2) is 0 Å². The van der Waals surface area contributed by atoms with Crippen molar-refractivity contribution >= 4 is 5.91 Å². The molecule has 354 valence electrons. The van der Waals surface area contributed by atoms with E-state index in [2.05, 4.69) is 116 Å². The molecule has 0 fully saturated rings. The fourth-order valence-electron chi connectivity index (χ4n) is 7.29. The number of aliphatic hydroxyl groups excluding tert-OH is 2. The number of nitrogens with one attached hydrogen (secondary N) is 1. The van der Waals surface area contributed by atoms with Gasteiger partial charge in [-0.05, 0) is 89.9 Å². The highest BCUT2D eigenvalue weighted by atomic mass is 16.3. The fraction of sp³-hybridized carbons (Fsp3) is 0.672. The van der Waals surface area contributed by atoms with Crippen LogP contribution in [0.25, 0.3) is 0 Å². The summed E-state index contributed by atoms with van der Waals surface area (Å²) in [4.78, 5) is 12.4. The quantitative estimate of drug-likeness (QED) is 0.0422. The van der Waals surface area contributed by atoms with E-state index in [9.17, 15) is 15.0 Å². The van der Waals surface area contributed by atoms with Gasteiger partial charge in [-0.3, -0.25) is 4.79 Å². The van der Waals surface area contributed by atoms with E-state index in [-0.39, 0.29) is 12.5 Å². The van der Waals surface area contributed by atoms with Gasteiger partial charge in [-0.1, -0.05) is 245 Å². The topological polar surface area (TPSA) is 69.6 Å². The normalized spacial score (nSPS) is 13.8. The zero-order chi connectivity index (χ0) is 44.9. The summed E-state index contributed by atoms with van der Waals surface area (Å²) in [5, 5.41) is 23.0. The first-order valence-corrected chi connectivity index (χ1v) is 26.1. The zero-order valence-corrected chi connectivity index (χ0v) is 40.6. The van der Waals surface area contributed by atoms with Crippen LogP contribution in [0.5, 0.6) is 0 Å². The van der Waals surface area contributed by atoms with Crippen LogP contribution in [-0.4, -0.2) is 34.9 Å². The second-order valence-corrected chi connectivity index (χ2v) is 17.2. The van der Waals surface area contributed by atoms with Crippen molar-refractivity contribution in [1.29, 1.82) is 0 Å². The lowest BCUT2D eigenvalue weighted by Crippen LogP contribution is -2.45. The van der Waals surface area contributed by atoms with E-state index in [4.69, 9.17) is 0 Å². The van der Waals surface area contributed by atoms with Crippen molar-refractivity contribution in [2.45, 2.75) is 244 Å². The second kappa shape index (κ2) is 52.4. The van der Waals surface area contributed by atoms with Crippen LogP contribution in [-0.2, 0) is 4.79 Å². The minimum Gasteiger partial charge on any atom is -0.394 e. The molecule has 0 spiro atoms. The van der Waals surface area contributed by atoms with Crippen LogP contribution in [0.4, 0.5) is 0 Å². The van der Waals surface area contributed by atoms with E-state index in [0.29, 0.717) is 6.42 Å². The van der Waals surface area contributed by atoms with Crippen molar-refractivity contribution in [3.8, 4) is 0 Å². The molecule has 2 unspecified atom stereocenters. The molecular formula is C58H99NO3. The number of rotatable bonds is 46. The van der Waals surface area contributed by atoms with E-state index >= 15 is 0 Å². The van der Waals surface area contributed by atoms with Gasteiger partial charge < -0.3 is 15.5 Å². The summed E-state index contributed by atoms with van der Waals surface area (Å²) < 4.78 is 0. The molecule has 3 N–H and O–H groups in total. The van der Waals surface area contributed by atoms with Crippen LogP contribution in [0, 0.1) is 0 Å². The molecule has 0 saturated heterocycles. The Kier molecular flexibility index (Phi) is 49.9. The van der Waals surface area contributed by atoms with Crippen molar-refractivity contribution < 1.29 is 15.0 Å². The molecule has 0 aliphatic rings. The lowest BCUT2D eigenvalue weighted by Gasteiger charge is -2.19. The Hall–Kier alpha value is -2.95. The first-order valence-electron chi connectivity index (χ1n) is 26.1. The highest BCUT2D eigenvalue weighted by molar-refractivity contribution is 5.76. The van der Waals surface area contributed by atoms with Crippen molar-refractivity contribution in [3.63, 3.8) is 0 Å². The van der Waals surface area contributed by atoms with Crippen LogP contribution in [0.1, 0.15) is 232 Å². The molecule has 0 bridgehead atoms. The highest BCUT2D eigenvalue weighted by Gasteiger charge is 2.17. The Balaban J connectivity index is 3.51. The number of amides is 1. The van der Waals surface area contributed by atoms with Crippen LogP contribution in [0.2, 0.25) is 0 Å². The Morgan fingerprint density at radius 1 is 0.403 bits per heavy atom. The Morgan fingerprint density at radius 3 is 1.13 bits per heavy atom. The van der Waals surface area contributed by atoms with E-state index in [0.717, 1.165) is 77.0 Å². The van der Waals surface area contributed by atoms with Crippen molar-refractivity contribution in [2.24, 2.45) is 0 Å². The largest absolute Gasteiger partial charge is 0.394 e. The summed E-state index contributed by atoms with van der Waals surface area (Å²) in [7, 11) is 0. The van der Waals surface area contributed by atoms with E-state index in [1.54, 1.807) is 6.08 Å². The molecule has 0 aliphatic heterocycles. The van der Waals surface area contributed by atoms with Gasteiger partial charge in [0, 0.05) is 6.42 Å². The van der Waals surface area contributed by atoms with Crippen molar-refractivity contribution in [3.05, 3.63) is 109 Å². The number of allylic oxidation sites excluding steroid dienone is 17. The summed E-state index contributed by atoms with van der Waals surface area (Å²) in [5.74, 6) is -0.0780. The summed E-state index contributed by atoms with van der Waals surface area (Å²) >= 11 is 0. The summed E-state index contributed by atoms with van der Waals surface area (Å²) in [6.45, 7) is 4.15. The number of carbonyl (C=O) groups is 1. The van der Waals surface area contributed by atoms with E-state index < -0.39 is 12.1 Å². The Morgan fingerprint density at radius 2 is 0.726 bits per heavy atom. The minimum atomic E-state index is -0.864. The molecule has 4 heteroatoms. The number of hydrogen-bond donors (Lipinski definition) is 3. The molecule has 62 heavy (non-hydrogen) atoms. The van der Waals surface area contributed by atoms with Crippen LogP contribution in [0.15, 0.2) is 109 Å². The molecule has 0 heterocycles. The predicted octanol–water partition coefficient (Wildman–Crippen LogP) is 17.1. The molecule has 0 rings (SSSR count). The molecular weight excluding hydrogens is 759 g/mol. The van der Waals surface area contributed by atoms with Crippen molar-refractivity contribution in [1.82, 2.24) is 5.32 Å². The molecule has 0 radical (unpaired) electrons. The average molecular weight is 858 g/mol.